The lowest BCUT2D eigenvalue weighted by Crippen LogP contribution is -2.06. The van der Waals surface area contributed by atoms with Crippen molar-refractivity contribution in [2.24, 2.45) is 0 Å². The zero-order valence-electron chi connectivity index (χ0n) is 14.2. The van der Waals surface area contributed by atoms with Gasteiger partial charge in [-0.2, -0.15) is 0 Å². The van der Waals surface area contributed by atoms with Crippen LogP contribution in [0, 0.1) is 6.92 Å². The van der Waals surface area contributed by atoms with E-state index in [1.54, 1.807) is 11.8 Å². The highest BCUT2D eigenvalue weighted by Gasteiger charge is 2.20. The van der Waals surface area contributed by atoms with Crippen molar-refractivity contribution in [2.75, 3.05) is 5.73 Å². The molecular weight excluding hydrogens is 326 g/mol. The van der Waals surface area contributed by atoms with Gasteiger partial charge in [0.2, 0.25) is 0 Å². The summed E-state index contributed by atoms with van der Waals surface area (Å²) in [5.41, 5.74) is 9.97. The van der Waals surface area contributed by atoms with Crippen LogP contribution in [0.15, 0.2) is 83.8 Å². The zero-order valence-corrected chi connectivity index (χ0v) is 15.0. The Kier molecular flexibility index (Phi) is 5.56. The van der Waals surface area contributed by atoms with Crippen LogP contribution in [-0.2, 0) is 0 Å². The number of ketones is 1. The number of nitrogens with two attached hydrogens (primary N) is 1. The molecule has 0 aliphatic rings. The van der Waals surface area contributed by atoms with Crippen LogP contribution in [0.2, 0.25) is 0 Å². The fraction of sp³-hybridized carbons (Fsp3) is 0.136. The lowest BCUT2D eigenvalue weighted by molar-refractivity contribution is 0.0982. The zero-order chi connectivity index (χ0) is 17.6. The molecule has 2 nitrogen and oxygen atoms in total. The van der Waals surface area contributed by atoms with Crippen molar-refractivity contribution < 1.29 is 4.79 Å². The van der Waals surface area contributed by atoms with Crippen molar-refractivity contribution in [1.29, 1.82) is 0 Å². The van der Waals surface area contributed by atoms with E-state index >= 15 is 0 Å². The van der Waals surface area contributed by atoms with Crippen LogP contribution in [0.4, 0.5) is 5.69 Å². The Morgan fingerprint density at radius 3 is 2.20 bits per heavy atom. The lowest BCUT2D eigenvalue weighted by Gasteiger charge is -2.19. The Hall–Kier alpha value is -2.52. The molecule has 3 aromatic carbocycles. The van der Waals surface area contributed by atoms with E-state index in [1.807, 2.05) is 60.7 Å². The predicted molar refractivity (Wildman–Crippen MR) is 106 cm³/mol. The fourth-order valence-electron chi connectivity index (χ4n) is 2.78. The van der Waals surface area contributed by atoms with Gasteiger partial charge < -0.3 is 5.73 Å². The molecule has 0 spiro atoms. The molecular formula is C22H21NOS. The first-order valence-corrected chi connectivity index (χ1v) is 9.18. The smallest absolute Gasteiger partial charge is 0.164 e. The number of benzene rings is 3. The first-order chi connectivity index (χ1) is 12.1. The molecule has 1 atom stereocenters. The molecule has 0 amide bonds. The number of carbonyl (C=O) groups is 1. The highest BCUT2D eigenvalue weighted by molar-refractivity contribution is 7.99. The van der Waals surface area contributed by atoms with Crippen molar-refractivity contribution in [2.45, 2.75) is 23.5 Å². The molecule has 3 heteroatoms. The van der Waals surface area contributed by atoms with Crippen molar-refractivity contribution in [3.05, 3.63) is 95.6 Å². The molecule has 0 bridgehead atoms. The number of carbonyl (C=O) groups excluding carboxylic acids is 1. The summed E-state index contributed by atoms with van der Waals surface area (Å²) in [5, 5.41) is 0.0253. The summed E-state index contributed by atoms with van der Waals surface area (Å²) in [6.07, 6.45) is 0.437. The Morgan fingerprint density at radius 2 is 1.56 bits per heavy atom. The number of aryl methyl sites for hydroxylation is 1. The van der Waals surface area contributed by atoms with Crippen LogP contribution in [0.25, 0.3) is 0 Å². The first-order valence-electron chi connectivity index (χ1n) is 8.30. The summed E-state index contributed by atoms with van der Waals surface area (Å²) in [7, 11) is 0. The number of hydrogen-bond donors (Lipinski definition) is 1. The van der Waals surface area contributed by atoms with Gasteiger partial charge in [0.05, 0.1) is 0 Å². The van der Waals surface area contributed by atoms with E-state index in [9.17, 15) is 4.79 Å². The SMILES string of the molecule is Cc1cccc(N)c1SC(CC(=O)c1ccccc1)c1ccccc1. The van der Waals surface area contributed by atoms with Gasteiger partial charge in [-0.05, 0) is 24.1 Å². The van der Waals surface area contributed by atoms with Crippen molar-refractivity contribution in [1.82, 2.24) is 0 Å². The van der Waals surface area contributed by atoms with Gasteiger partial charge in [0.1, 0.15) is 0 Å². The van der Waals surface area contributed by atoms with Crippen LogP contribution in [0.1, 0.15) is 33.2 Å². The number of rotatable bonds is 6. The minimum atomic E-state index is 0.0253. The van der Waals surface area contributed by atoms with Gasteiger partial charge in [0, 0.05) is 27.8 Å². The summed E-state index contributed by atoms with van der Waals surface area (Å²) in [5.74, 6) is 0.147. The van der Waals surface area contributed by atoms with Gasteiger partial charge in [-0.25, -0.2) is 0 Å². The molecule has 2 N–H and O–H groups in total. The molecule has 126 valence electrons. The number of hydrogen-bond acceptors (Lipinski definition) is 3. The summed E-state index contributed by atoms with van der Waals surface area (Å²) < 4.78 is 0. The van der Waals surface area contributed by atoms with E-state index in [4.69, 9.17) is 5.73 Å². The number of nitrogen functional groups attached to an aromatic ring is 1. The topological polar surface area (TPSA) is 43.1 Å². The summed E-state index contributed by atoms with van der Waals surface area (Å²) >= 11 is 1.67. The maximum Gasteiger partial charge on any atom is 0.164 e. The third-order valence-corrected chi connectivity index (χ3v) is 5.66. The van der Waals surface area contributed by atoms with Gasteiger partial charge in [0.15, 0.2) is 5.78 Å². The van der Waals surface area contributed by atoms with E-state index in [-0.39, 0.29) is 11.0 Å². The minimum Gasteiger partial charge on any atom is -0.398 e. The minimum absolute atomic E-state index is 0.0253. The highest BCUT2D eigenvalue weighted by atomic mass is 32.2. The molecule has 25 heavy (non-hydrogen) atoms. The monoisotopic (exact) mass is 347 g/mol. The standard InChI is InChI=1S/C22H21NOS/c1-16-9-8-14-19(23)22(16)25-21(18-12-6-3-7-13-18)15-20(24)17-10-4-2-5-11-17/h2-14,21H,15,23H2,1H3. The van der Waals surface area contributed by atoms with Gasteiger partial charge >= 0.3 is 0 Å². The molecule has 0 saturated heterocycles. The third kappa shape index (κ3) is 4.31. The molecule has 1 unspecified atom stereocenters. The third-order valence-electron chi connectivity index (χ3n) is 4.14. The Balaban J connectivity index is 1.90. The normalized spacial score (nSPS) is 11.9. The predicted octanol–water partition coefficient (Wildman–Crippen LogP) is 5.68. The Morgan fingerprint density at radius 1 is 0.920 bits per heavy atom. The average molecular weight is 347 g/mol. The van der Waals surface area contributed by atoms with Crippen molar-refractivity contribution in [3.63, 3.8) is 0 Å². The molecule has 0 radical (unpaired) electrons. The summed E-state index contributed by atoms with van der Waals surface area (Å²) in [6.45, 7) is 2.06. The van der Waals surface area contributed by atoms with Crippen LogP contribution < -0.4 is 5.73 Å². The molecule has 0 aliphatic carbocycles. The molecule has 0 heterocycles. The molecule has 3 aromatic rings. The van der Waals surface area contributed by atoms with Gasteiger partial charge in [-0.3, -0.25) is 4.79 Å². The van der Waals surface area contributed by atoms with E-state index in [2.05, 4.69) is 25.1 Å². The lowest BCUT2D eigenvalue weighted by atomic mass is 10.0. The Bertz CT molecular complexity index is 826. The van der Waals surface area contributed by atoms with Crippen molar-refractivity contribution in [3.8, 4) is 0 Å². The quantitative estimate of drug-likeness (QED) is 0.354. The second-order valence-corrected chi connectivity index (χ2v) is 7.22. The Labute approximate surface area is 153 Å². The molecule has 3 rings (SSSR count). The average Bonchev–Trinajstić information content (AvgIpc) is 2.65. The van der Waals surface area contributed by atoms with Gasteiger partial charge in [-0.1, -0.05) is 72.8 Å². The molecule has 0 saturated carbocycles. The largest absolute Gasteiger partial charge is 0.398 e. The fourth-order valence-corrected chi connectivity index (χ4v) is 4.05. The van der Waals surface area contributed by atoms with Crippen LogP contribution in [-0.4, -0.2) is 5.78 Å². The highest BCUT2D eigenvalue weighted by Crippen LogP contribution is 2.42. The van der Waals surface area contributed by atoms with Crippen molar-refractivity contribution >= 4 is 23.2 Å². The first kappa shape index (κ1) is 17.3. The molecule has 0 fully saturated rings. The van der Waals surface area contributed by atoms with Crippen LogP contribution >= 0.6 is 11.8 Å². The van der Waals surface area contributed by atoms with E-state index < -0.39 is 0 Å². The van der Waals surface area contributed by atoms with E-state index in [1.165, 1.54) is 0 Å². The summed E-state index contributed by atoms with van der Waals surface area (Å²) in [6, 6.07) is 25.6. The molecule has 0 aliphatic heterocycles. The number of Topliss-reactive ketones (excluding diaryl/α,β-unsaturated/α-hetero) is 1. The van der Waals surface area contributed by atoms with Gasteiger partial charge in [0.25, 0.3) is 0 Å². The maximum atomic E-state index is 12.7. The van der Waals surface area contributed by atoms with Crippen LogP contribution in [0.5, 0.6) is 0 Å². The van der Waals surface area contributed by atoms with E-state index in [0.717, 1.165) is 27.3 Å². The molecule has 0 aromatic heterocycles. The van der Waals surface area contributed by atoms with Gasteiger partial charge in [-0.15, -0.1) is 11.8 Å². The second-order valence-electron chi connectivity index (χ2n) is 6.00. The number of anilines is 1. The van der Waals surface area contributed by atoms with Crippen LogP contribution in [0.3, 0.4) is 0 Å². The number of thioether (sulfide) groups is 1. The summed E-state index contributed by atoms with van der Waals surface area (Å²) in [4.78, 5) is 13.8. The van der Waals surface area contributed by atoms with E-state index in [0.29, 0.717) is 6.42 Å². The maximum absolute atomic E-state index is 12.7. The second kappa shape index (κ2) is 8.04.